The summed E-state index contributed by atoms with van der Waals surface area (Å²) in [4.78, 5) is 15.3. The Bertz CT molecular complexity index is 665. The molecule has 0 radical (unpaired) electrons. The van der Waals surface area contributed by atoms with Crippen molar-refractivity contribution in [3.63, 3.8) is 0 Å². The van der Waals surface area contributed by atoms with E-state index in [4.69, 9.17) is 14.9 Å². The molecule has 5 nitrogen and oxygen atoms in total. The van der Waals surface area contributed by atoms with Crippen LogP contribution in [0.2, 0.25) is 0 Å². The lowest BCUT2D eigenvalue weighted by atomic mass is 10.1. The number of rotatable bonds is 3. The lowest BCUT2D eigenvalue weighted by molar-refractivity contribution is -0.137. The van der Waals surface area contributed by atoms with Crippen LogP contribution in [0.4, 0.5) is 19.1 Å². The SMILES string of the molecule is CCOC(=O)c1nc(-c2cccc(C(F)(F)F)c2)oc1N. The smallest absolute Gasteiger partial charge is 0.416 e. The highest BCUT2D eigenvalue weighted by Crippen LogP contribution is 2.32. The number of ether oxygens (including phenoxy) is 1. The molecule has 1 aromatic carbocycles. The number of esters is 1. The molecule has 2 rings (SSSR count). The number of carbonyl (C=O) groups is 1. The summed E-state index contributed by atoms with van der Waals surface area (Å²) in [6.07, 6.45) is -4.49. The molecule has 21 heavy (non-hydrogen) atoms. The minimum atomic E-state index is -4.49. The van der Waals surface area contributed by atoms with Crippen molar-refractivity contribution in [3.8, 4) is 11.5 Å². The van der Waals surface area contributed by atoms with E-state index in [1.807, 2.05) is 0 Å². The zero-order valence-electron chi connectivity index (χ0n) is 10.9. The van der Waals surface area contributed by atoms with E-state index in [-0.39, 0.29) is 29.6 Å². The van der Waals surface area contributed by atoms with Gasteiger partial charge in [0.1, 0.15) is 0 Å². The number of nitrogens with zero attached hydrogens (tertiary/aromatic N) is 1. The largest absolute Gasteiger partial charge is 0.461 e. The molecule has 0 saturated heterocycles. The Morgan fingerprint density at radius 2 is 2.14 bits per heavy atom. The number of aromatic nitrogens is 1. The molecule has 0 unspecified atom stereocenters. The lowest BCUT2D eigenvalue weighted by Gasteiger charge is -2.06. The second-order valence-electron chi connectivity index (χ2n) is 4.03. The molecule has 8 heteroatoms. The van der Waals surface area contributed by atoms with Crippen LogP contribution < -0.4 is 5.73 Å². The molecule has 0 bridgehead atoms. The van der Waals surface area contributed by atoms with E-state index in [1.165, 1.54) is 12.1 Å². The van der Waals surface area contributed by atoms with Crippen LogP contribution >= 0.6 is 0 Å². The Balaban J connectivity index is 2.40. The third-order valence-electron chi connectivity index (χ3n) is 2.56. The zero-order chi connectivity index (χ0) is 15.6. The van der Waals surface area contributed by atoms with Gasteiger partial charge in [0.2, 0.25) is 17.5 Å². The molecule has 2 N–H and O–H groups in total. The van der Waals surface area contributed by atoms with Crippen molar-refractivity contribution in [1.29, 1.82) is 0 Å². The van der Waals surface area contributed by atoms with E-state index in [9.17, 15) is 18.0 Å². The monoisotopic (exact) mass is 300 g/mol. The molecule has 0 saturated carbocycles. The second-order valence-corrected chi connectivity index (χ2v) is 4.03. The van der Waals surface area contributed by atoms with Crippen LogP contribution in [0.15, 0.2) is 28.7 Å². The molecule has 2 aromatic rings. The number of anilines is 1. The normalized spacial score (nSPS) is 11.4. The molecule has 0 spiro atoms. The number of nitrogen functional groups attached to an aromatic ring is 1. The molecule has 0 aliphatic rings. The number of hydrogen-bond donors (Lipinski definition) is 1. The van der Waals surface area contributed by atoms with Gasteiger partial charge in [-0.15, -0.1) is 0 Å². The van der Waals surface area contributed by atoms with E-state index >= 15 is 0 Å². The maximum Gasteiger partial charge on any atom is 0.416 e. The Morgan fingerprint density at radius 3 is 2.76 bits per heavy atom. The average Bonchev–Trinajstić information content (AvgIpc) is 2.80. The zero-order valence-corrected chi connectivity index (χ0v) is 10.9. The first-order valence-corrected chi connectivity index (χ1v) is 5.94. The van der Waals surface area contributed by atoms with Gasteiger partial charge < -0.3 is 14.9 Å². The highest BCUT2D eigenvalue weighted by Gasteiger charge is 2.31. The third kappa shape index (κ3) is 3.15. The molecule has 1 aromatic heterocycles. The Kier molecular flexibility index (Phi) is 3.88. The fraction of sp³-hybridized carbons (Fsp3) is 0.231. The van der Waals surface area contributed by atoms with Crippen LogP contribution in [0.3, 0.4) is 0 Å². The predicted molar refractivity (Wildman–Crippen MR) is 67.3 cm³/mol. The van der Waals surface area contributed by atoms with Gasteiger partial charge in [0, 0.05) is 5.56 Å². The number of oxazole rings is 1. The number of hydrogen-bond acceptors (Lipinski definition) is 5. The van der Waals surface area contributed by atoms with Gasteiger partial charge in [-0.05, 0) is 25.1 Å². The number of carbonyl (C=O) groups excluding carboxylic acids is 1. The van der Waals surface area contributed by atoms with E-state index in [0.717, 1.165) is 12.1 Å². The number of nitrogens with two attached hydrogens (primary N) is 1. The molecule has 0 aliphatic carbocycles. The molecule has 1 heterocycles. The van der Waals surface area contributed by atoms with Crippen molar-refractivity contribution >= 4 is 11.9 Å². The van der Waals surface area contributed by atoms with Crippen LogP contribution in [-0.4, -0.2) is 17.6 Å². The third-order valence-corrected chi connectivity index (χ3v) is 2.56. The van der Waals surface area contributed by atoms with E-state index in [0.29, 0.717) is 0 Å². The van der Waals surface area contributed by atoms with Gasteiger partial charge >= 0.3 is 12.1 Å². The van der Waals surface area contributed by atoms with E-state index < -0.39 is 17.7 Å². The van der Waals surface area contributed by atoms with Crippen molar-refractivity contribution in [2.45, 2.75) is 13.1 Å². The van der Waals surface area contributed by atoms with E-state index in [1.54, 1.807) is 6.92 Å². The molecule has 0 atom stereocenters. The topological polar surface area (TPSA) is 78.3 Å². The number of halogens is 3. The molecule has 112 valence electrons. The Morgan fingerprint density at radius 1 is 1.43 bits per heavy atom. The van der Waals surface area contributed by atoms with E-state index in [2.05, 4.69) is 4.98 Å². The standard InChI is InChI=1S/C13H11F3N2O3/c1-2-20-12(19)9-10(17)21-11(18-9)7-4-3-5-8(6-7)13(14,15)16/h3-6H,2,17H2,1H3. The number of alkyl halides is 3. The lowest BCUT2D eigenvalue weighted by Crippen LogP contribution is -2.07. The Labute approximate surface area is 117 Å². The van der Waals surface area contributed by atoms with Gasteiger partial charge in [0.25, 0.3) is 0 Å². The molecule has 0 aliphatic heterocycles. The van der Waals surface area contributed by atoms with Crippen LogP contribution in [-0.2, 0) is 10.9 Å². The van der Waals surface area contributed by atoms with Crippen molar-refractivity contribution in [3.05, 3.63) is 35.5 Å². The van der Waals surface area contributed by atoms with Crippen molar-refractivity contribution in [1.82, 2.24) is 4.98 Å². The molecular formula is C13H11F3N2O3. The van der Waals surface area contributed by atoms with Gasteiger partial charge in [0.15, 0.2) is 0 Å². The fourth-order valence-electron chi connectivity index (χ4n) is 1.63. The highest BCUT2D eigenvalue weighted by atomic mass is 19.4. The summed E-state index contributed by atoms with van der Waals surface area (Å²) in [5.74, 6) is -1.28. The predicted octanol–water partition coefficient (Wildman–Crippen LogP) is 3.12. The maximum absolute atomic E-state index is 12.6. The van der Waals surface area contributed by atoms with Gasteiger partial charge in [-0.25, -0.2) is 4.79 Å². The minimum Gasteiger partial charge on any atom is -0.461 e. The van der Waals surface area contributed by atoms with Gasteiger partial charge in [-0.2, -0.15) is 18.2 Å². The fourth-order valence-corrected chi connectivity index (χ4v) is 1.63. The highest BCUT2D eigenvalue weighted by molar-refractivity contribution is 5.92. The summed E-state index contributed by atoms with van der Waals surface area (Å²) >= 11 is 0. The second kappa shape index (κ2) is 5.47. The first kappa shape index (κ1) is 14.9. The maximum atomic E-state index is 12.6. The summed E-state index contributed by atoms with van der Waals surface area (Å²) < 4.78 is 47.7. The van der Waals surface area contributed by atoms with Gasteiger partial charge in [-0.1, -0.05) is 6.07 Å². The summed E-state index contributed by atoms with van der Waals surface area (Å²) in [5.41, 5.74) is 4.43. The molecule has 0 amide bonds. The molecule has 0 fully saturated rings. The van der Waals surface area contributed by atoms with Crippen molar-refractivity contribution in [2.24, 2.45) is 0 Å². The summed E-state index contributed by atoms with van der Waals surface area (Å²) in [6.45, 7) is 1.71. The average molecular weight is 300 g/mol. The van der Waals surface area contributed by atoms with Gasteiger partial charge in [0.05, 0.1) is 12.2 Å². The first-order chi connectivity index (χ1) is 9.82. The van der Waals surface area contributed by atoms with Crippen LogP contribution in [0.1, 0.15) is 23.0 Å². The summed E-state index contributed by atoms with van der Waals surface area (Å²) in [5, 5.41) is 0. The van der Waals surface area contributed by atoms with Crippen LogP contribution in [0, 0.1) is 0 Å². The van der Waals surface area contributed by atoms with Gasteiger partial charge in [-0.3, -0.25) is 0 Å². The van der Waals surface area contributed by atoms with Crippen LogP contribution in [0.5, 0.6) is 0 Å². The summed E-state index contributed by atoms with van der Waals surface area (Å²) in [6, 6.07) is 4.36. The first-order valence-electron chi connectivity index (χ1n) is 5.94. The molecular weight excluding hydrogens is 289 g/mol. The quantitative estimate of drug-likeness (QED) is 0.881. The number of benzene rings is 1. The van der Waals surface area contributed by atoms with Crippen molar-refractivity contribution in [2.75, 3.05) is 12.3 Å². The van der Waals surface area contributed by atoms with Crippen molar-refractivity contribution < 1.29 is 27.1 Å². The summed E-state index contributed by atoms with van der Waals surface area (Å²) in [7, 11) is 0. The Hall–Kier alpha value is -2.51. The van der Waals surface area contributed by atoms with Crippen LogP contribution in [0.25, 0.3) is 11.5 Å². The minimum absolute atomic E-state index is 0.0621.